The molecule has 0 unspecified atom stereocenters. The third-order valence-electron chi connectivity index (χ3n) is 2.17. The topological polar surface area (TPSA) is 65.3 Å². The van der Waals surface area contributed by atoms with Crippen molar-refractivity contribution in [2.45, 2.75) is 26.6 Å². The molecule has 0 N–H and O–H groups in total. The van der Waals surface area contributed by atoms with Crippen molar-refractivity contribution in [2.24, 2.45) is 0 Å². The van der Waals surface area contributed by atoms with E-state index in [1.54, 1.807) is 12.1 Å². The van der Waals surface area contributed by atoms with Crippen LogP contribution in [0.25, 0.3) is 10.2 Å². The molecular weight excluding hydrogens is 240 g/mol. The summed E-state index contributed by atoms with van der Waals surface area (Å²) < 4.78 is 6.27. The van der Waals surface area contributed by atoms with Crippen LogP contribution in [0.5, 0.6) is 0 Å². The van der Waals surface area contributed by atoms with Gasteiger partial charge in [-0.1, -0.05) is 0 Å². The van der Waals surface area contributed by atoms with Gasteiger partial charge in [0.2, 0.25) is 0 Å². The summed E-state index contributed by atoms with van der Waals surface area (Å²) in [5.41, 5.74) is 0.875. The van der Waals surface area contributed by atoms with E-state index in [9.17, 15) is 10.1 Å². The van der Waals surface area contributed by atoms with Crippen molar-refractivity contribution in [3.63, 3.8) is 0 Å². The summed E-state index contributed by atoms with van der Waals surface area (Å²) in [5, 5.41) is 11.5. The maximum atomic E-state index is 10.6. The summed E-state index contributed by atoms with van der Waals surface area (Å²) in [6, 6.07) is 4.68. The van der Waals surface area contributed by atoms with Gasteiger partial charge in [-0.05, 0) is 19.9 Å². The molecule has 0 bridgehead atoms. The van der Waals surface area contributed by atoms with Gasteiger partial charge in [-0.3, -0.25) is 10.1 Å². The highest BCUT2D eigenvalue weighted by Crippen LogP contribution is 2.26. The Bertz CT molecular complexity index is 551. The zero-order chi connectivity index (χ0) is 12.4. The summed E-state index contributed by atoms with van der Waals surface area (Å²) in [4.78, 5) is 14.6. The van der Waals surface area contributed by atoms with Crippen LogP contribution in [-0.2, 0) is 11.3 Å². The number of rotatable bonds is 4. The van der Waals surface area contributed by atoms with Crippen molar-refractivity contribution in [3.05, 3.63) is 33.3 Å². The van der Waals surface area contributed by atoms with E-state index in [1.807, 2.05) is 13.8 Å². The molecule has 90 valence electrons. The van der Waals surface area contributed by atoms with Crippen molar-refractivity contribution < 1.29 is 9.66 Å². The summed E-state index contributed by atoms with van der Waals surface area (Å²) in [6.07, 6.45) is 0.149. The van der Waals surface area contributed by atoms with Crippen LogP contribution in [0.2, 0.25) is 0 Å². The minimum atomic E-state index is -0.399. The Morgan fingerprint density at radius 2 is 2.29 bits per heavy atom. The molecule has 0 aliphatic carbocycles. The average molecular weight is 252 g/mol. The minimum absolute atomic E-state index is 0.0949. The lowest BCUT2D eigenvalue weighted by molar-refractivity contribution is -0.384. The first kappa shape index (κ1) is 11.9. The fourth-order valence-corrected chi connectivity index (χ4v) is 2.30. The molecule has 0 radical (unpaired) electrons. The molecule has 1 aromatic carbocycles. The lowest BCUT2D eigenvalue weighted by Crippen LogP contribution is -2.01. The highest BCUT2D eigenvalue weighted by Gasteiger charge is 2.10. The standard InChI is InChI=1S/C11H12N2O3S/c1-7(2)16-6-11-12-9-4-3-8(13(14)15)5-10(9)17-11/h3-5,7H,6H2,1-2H3. The minimum Gasteiger partial charge on any atom is -0.372 e. The second-order valence-electron chi connectivity index (χ2n) is 3.88. The zero-order valence-corrected chi connectivity index (χ0v) is 10.4. The average Bonchev–Trinajstić information content (AvgIpc) is 2.67. The molecule has 0 saturated heterocycles. The predicted molar refractivity (Wildman–Crippen MR) is 66.2 cm³/mol. The van der Waals surface area contributed by atoms with Crippen molar-refractivity contribution in [1.29, 1.82) is 0 Å². The molecule has 0 atom stereocenters. The number of nitrogens with zero attached hydrogens (tertiary/aromatic N) is 2. The molecular formula is C11H12N2O3S. The van der Waals surface area contributed by atoms with Crippen LogP contribution in [0.15, 0.2) is 18.2 Å². The summed E-state index contributed by atoms with van der Waals surface area (Å²) in [5.74, 6) is 0. The van der Waals surface area contributed by atoms with Gasteiger partial charge in [0.1, 0.15) is 5.01 Å². The van der Waals surface area contributed by atoms with Gasteiger partial charge in [0.25, 0.3) is 5.69 Å². The van der Waals surface area contributed by atoms with Gasteiger partial charge in [0.05, 0.1) is 27.9 Å². The van der Waals surface area contributed by atoms with Crippen LogP contribution in [0.1, 0.15) is 18.9 Å². The van der Waals surface area contributed by atoms with Crippen LogP contribution in [0.3, 0.4) is 0 Å². The van der Waals surface area contributed by atoms with E-state index in [4.69, 9.17) is 4.74 Å². The van der Waals surface area contributed by atoms with Crippen LogP contribution in [0.4, 0.5) is 5.69 Å². The van der Waals surface area contributed by atoms with Gasteiger partial charge in [-0.25, -0.2) is 4.98 Å². The first-order valence-electron chi connectivity index (χ1n) is 5.21. The molecule has 2 aromatic rings. The van der Waals surface area contributed by atoms with Crippen LogP contribution >= 0.6 is 11.3 Å². The van der Waals surface area contributed by atoms with Crippen LogP contribution in [0, 0.1) is 10.1 Å². The maximum absolute atomic E-state index is 10.6. The Balaban J connectivity index is 2.27. The van der Waals surface area contributed by atoms with Crippen molar-refractivity contribution in [1.82, 2.24) is 4.98 Å². The largest absolute Gasteiger partial charge is 0.372 e. The molecule has 1 aromatic heterocycles. The third-order valence-corrected chi connectivity index (χ3v) is 3.16. The Hall–Kier alpha value is -1.53. The Labute approximate surface area is 102 Å². The van der Waals surface area contributed by atoms with E-state index >= 15 is 0 Å². The number of fused-ring (bicyclic) bond motifs is 1. The molecule has 0 aliphatic rings. The molecule has 17 heavy (non-hydrogen) atoms. The normalized spacial score (nSPS) is 11.2. The molecule has 0 spiro atoms. The lowest BCUT2D eigenvalue weighted by Gasteiger charge is -2.03. The molecule has 0 saturated carbocycles. The van der Waals surface area contributed by atoms with Crippen molar-refractivity contribution in [3.8, 4) is 0 Å². The molecule has 2 rings (SSSR count). The Kier molecular flexibility index (Phi) is 3.35. The molecule has 5 nitrogen and oxygen atoms in total. The Morgan fingerprint density at radius 3 is 2.94 bits per heavy atom. The van der Waals surface area contributed by atoms with E-state index in [2.05, 4.69) is 4.98 Å². The summed E-state index contributed by atoms with van der Waals surface area (Å²) >= 11 is 1.43. The van der Waals surface area contributed by atoms with Crippen molar-refractivity contribution in [2.75, 3.05) is 0 Å². The number of nitro groups is 1. The first-order valence-corrected chi connectivity index (χ1v) is 6.03. The number of benzene rings is 1. The quantitative estimate of drug-likeness (QED) is 0.619. The molecule has 1 heterocycles. The van der Waals surface area contributed by atoms with E-state index < -0.39 is 4.92 Å². The summed E-state index contributed by atoms with van der Waals surface area (Å²) in [7, 11) is 0. The third kappa shape index (κ3) is 2.78. The van der Waals surface area contributed by atoms with Crippen molar-refractivity contribution >= 4 is 27.2 Å². The fourth-order valence-electron chi connectivity index (χ4n) is 1.37. The fraction of sp³-hybridized carbons (Fsp3) is 0.364. The molecule has 0 amide bonds. The maximum Gasteiger partial charge on any atom is 0.270 e. The van der Waals surface area contributed by atoms with E-state index in [1.165, 1.54) is 17.4 Å². The lowest BCUT2D eigenvalue weighted by atomic mass is 10.3. The number of nitro benzene ring substituents is 1. The predicted octanol–water partition coefficient (Wildman–Crippen LogP) is 3.13. The molecule has 6 heteroatoms. The summed E-state index contributed by atoms with van der Waals surface area (Å²) in [6.45, 7) is 4.36. The number of hydrogen-bond donors (Lipinski definition) is 0. The van der Waals surface area contributed by atoms with E-state index in [-0.39, 0.29) is 11.8 Å². The second kappa shape index (κ2) is 4.77. The number of hydrogen-bond acceptors (Lipinski definition) is 5. The van der Waals surface area contributed by atoms with Crippen LogP contribution in [-0.4, -0.2) is 16.0 Å². The first-order chi connectivity index (χ1) is 8.06. The number of aromatic nitrogens is 1. The van der Waals surface area contributed by atoms with E-state index in [0.717, 1.165) is 15.2 Å². The van der Waals surface area contributed by atoms with Crippen LogP contribution < -0.4 is 0 Å². The second-order valence-corrected chi connectivity index (χ2v) is 4.99. The van der Waals surface area contributed by atoms with Gasteiger partial charge in [-0.15, -0.1) is 11.3 Å². The highest BCUT2D eigenvalue weighted by molar-refractivity contribution is 7.18. The number of non-ortho nitro benzene ring substituents is 1. The smallest absolute Gasteiger partial charge is 0.270 e. The SMILES string of the molecule is CC(C)OCc1nc2ccc([N+](=O)[O-])cc2s1. The number of thiazole rings is 1. The van der Waals surface area contributed by atoms with Gasteiger partial charge in [-0.2, -0.15) is 0 Å². The van der Waals surface area contributed by atoms with Gasteiger partial charge >= 0.3 is 0 Å². The molecule has 0 fully saturated rings. The zero-order valence-electron chi connectivity index (χ0n) is 9.54. The highest BCUT2D eigenvalue weighted by atomic mass is 32.1. The van der Waals surface area contributed by atoms with Gasteiger partial charge in [0, 0.05) is 12.1 Å². The molecule has 0 aliphatic heterocycles. The van der Waals surface area contributed by atoms with Gasteiger partial charge < -0.3 is 4.74 Å². The van der Waals surface area contributed by atoms with Gasteiger partial charge in [0.15, 0.2) is 0 Å². The Morgan fingerprint density at radius 1 is 1.53 bits per heavy atom. The van der Waals surface area contributed by atoms with E-state index in [0.29, 0.717) is 6.61 Å². The monoisotopic (exact) mass is 252 g/mol. The number of ether oxygens (including phenoxy) is 1.